The molecule has 0 aliphatic heterocycles. The third kappa shape index (κ3) is 4.28. The lowest BCUT2D eigenvalue weighted by atomic mass is 10.2. The highest BCUT2D eigenvalue weighted by Gasteiger charge is 2.12. The number of unbranched alkanes of at least 4 members (excludes halogenated alkanes) is 3. The van der Waals surface area contributed by atoms with E-state index in [1.165, 1.54) is 24.5 Å². The molecule has 0 saturated carbocycles. The third-order valence-corrected chi connectivity index (χ3v) is 4.15. The number of hydrogen-bond acceptors (Lipinski definition) is 4. The van der Waals surface area contributed by atoms with Gasteiger partial charge in [0, 0.05) is 19.0 Å². The van der Waals surface area contributed by atoms with Crippen LogP contribution in [0.4, 0.5) is 0 Å². The summed E-state index contributed by atoms with van der Waals surface area (Å²) < 4.78 is 23.6. The summed E-state index contributed by atoms with van der Waals surface area (Å²) in [5, 5.41) is 8.58. The zero-order valence-corrected chi connectivity index (χ0v) is 9.99. The molecule has 0 atom stereocenters. The van der Waals surface area contributed by atoms with Crippen molar-refractivity contribution in [3.05, 3.63) is 24.5 Å². The molecule has 0 fully saturated rings. The molecule has 0 aromatic carbocycles. The fourth-order valence-electron chi connectivity index (χ4n) is 1.42. The standard InChI is InChI=1S/C11H17NO3S/c13-9-3-1-2-4-10-16(14,15)11-5-7-12-8-6-11/h5-8,13H,1-4,9-10H2. The maximum atomic E-state index is 11.8. The summed E-state index contributed by atoms with van der Waals surface area (Å²) in [5.41, 5.74) is 0. The van der Waals surface area contributed by atoms with Crippen LogP contribution in [0.5, 0.6) is 0 Å². The molecule has 1 heterocycles. The van der Waals surface area contributed by atoms with Gasteiger partial charge in [-0.2, -0.15) is 0 Å². The Kier molecular flexibility index (Phi) is 5.42. The molecular formula is C11H17NO3S. The number of aliphatic hydroxyl groups excluding tert-OH is 1. The number of sulfone groups is 1. The van der Waals surface area contributed by atoms with E-state index in [1.54, 1.807) is 0 Å². The van der Waals surface area contributed by atoms with Crippen LogP contribution in [0.15, 0.2) is 29.4 Å². The highest BCUT2D eigenvalue weighted by Crippen LogP contribution is 2.12. The van der Waals surface area contributed by atoms with E-state index in [2.05, 4.69) is 4.98 Å². The van der Waals surface area contributed by atoms with Gasteiger partial charge in [-0.25, -0.2) is 8.42 Å². The van der Waals surface area contributed by atoms with Gasteiger partial charge in [-0.15, -0.1) is 0 Å². The Hall–Kier alpha value is -0.940. The molecule has 1 aromatic rings. The van der Waals surface area contributed by atoms with Gasteiger partial charge in [-0.05, 0) is 25.0 Å². The normalized spacial score (nSPS) is 11.6. The molecular weight excluding hydrogens is 226 g/mol. The van der Waals surface area contributed by atoms with Crippen molar-refractivity contribution in [2.24, 2.45) is 0 Å². The minimum atomic E-state index is -3.15. The fraction of sp³-hybridized carbons (Fsp3) is 0.545. The van der Waals surface area contributed by atoms with Gasteiger partial charge in [-0.1, -0.05) is 12.8 Å². The molecule has 0 saturated heterocycles. The molecule has 0 unspecified atom stereocenters. The zero-order chi connectivity index (χ0) is 11.9. The summed E-state index contributed by atoms with van der Waals surface area (Å²) >= 11 is 0. The van der Waals surface area contributed by atoms with E-state index in [0.29, 0.717) is 11.3 Å². The smallest absolute Gasteiger partial charge is 0.178 e. The number of hydrogen-bond donors (Lipinski definition) is 1. The van der Waals surface area contributed by atoms with Crippen molar-refractivity contribution in [2.45, 2.75) is 30.6 Å². The summed E-state index contributed by atoms with van der Waals surface area (Å²) in [4.78, 5) is 4.13. The summed E-state index contributed by atoms with van der Waals surface area (Å²) in [6, 6.07) is 3.03. The van der Waals surface area contributed by atoms with Gasteiger partial charge in [-0.3, -0.25) is 4.98 Å². The second-order valence-electron chi connectivity index (χ2n) is 3.64. The molecule has 1 rings (SSSR count). The van der Waals surface area contributed by atoms with Crippen LogP contribution >= 0.6 is 0 Å². The van der Waals surface area contributed by atoms with Crippen LogP contribution in [0.2, 0.25) is 0 Å². The van der Waals surface area contributed by atoms with Gasteiger partial charge in [0.25, 0.3) is 0 Å². The van der Waals surface area contributed by atoms with E-state index < -0.39 is 9.84 Å². The predicted octanol–water partition coefficient (Wildman–Crippen LogP) is 1.41. The lowest BCUT2D eigenvalue weighted by molar-refractivity contribution is 0.283. The number of aliphatic hydroxyl groups is 1. The second-order valence-corrected chi connectivity index (χ2v) is 5.75. The van der Waals surface area contributed by atoms with Crippen molar-refractivity contribution in [1.29, 1.82) is 0 Å². The minimum Gasteiger partial charge on any atom is -0.396 e. The Balaban J connectivity index is 2.41. The van der Waals surface area contributed by atoms with Crippen LogP contribution in [-0.4, -0.2) is 30.9 Å². The van der Waals surface area contributed by atoms with Crippen LogP contribution in [0.1, 0.15) is 25.7 Å². The number of rotatable bonds is 7. The van der Waals surface area contributed by atoms with E-state index in [9.17, 15) is 8.42 Å². The zero-order valence-electron chi connectivity index (χ0n) is 9.17. The van der Waals surface area contributed by atoms with Crippen molar-refractivity contribution in [3.63, 3.8) is 0 Å². The van der Waals surface area contributed by atoms with Crippen molar-refractivity contribution in [2.75, 3.05) is 12.4 Å². The molecule has 0 amide bonds. The number of nitrogens with zero attached hydrogens (tertiary/aromatic N) is 1. The second kappa shape index (κ2) is 6.60. The summed E-state index contributed by atoms with van der Waals surface area (Å²) in [6.07, 6.45) is 6.07. The largest absolute Gasteiger partial charge is 0.396 e. The number of pyridine rings is 1. The maximum Gasteiger partial charge on any atom is 0.178 e. The fourth-order valence-corrected chi connectivity index (χ4v) is 2.78. The molecule has 5 heteroatoms. The average Bonchev–Trinajstić information content (AvgIpc) is 2.30. The van der Waals surface area contributed by atoms with Gasteiger partial charge in [0.2, 0.25) is 0 Å². The summed E-state index contributed by atoms with van der Waals surface area (Å²) in [7, 11) is -3.15. The summed E-state index contributed by atoms with van der Waals surface area (Å²) in [6.45, 7) is 0.178. The molecule has 4 nitrogen and oxygen atoms in total. The van der Waals surface area contributed by atoms with Crippen LogP contribution in [0.3, 0.4) is 0 Å². The molecule has 1 N–H and O–H groups in total. The topological polar surface area (TPSA) is 67.3 Å². The molecule has 0 radical (unpaired) electrons. The first-order chi connectivity index (χ1) is 7.67. The first-order valence-corrected chi connectivity index (χ1v) is 7.06. The van der Waals surface area contributed by atoms with Crippen LogP contribution in [0, 0.1) is 0 Å². The molecule has 16 heavy (non-hydrogen) atoms. The van der Waals surface area contributed by atoms with Gasteiger partial charge < -0.3 is 5.11 Å². The van der Waals surface area contributed by atoms with E-state index in [4.69, 9.17) is 5.11 Å². The first kappa shape index (κ1) is 13.1. The quantitative estimate of drug-likeness (QED) is 0.735. The molecule has 90 valence electrons. The monoisotopic (exact) mass is 243 g/mol. The van der Waals surface area contributed by atoms with Crippen LogP contribution in [0.25, 0.3) is 0 Å². The number of aromatic nitrogens is 1. The Morgan fingerprint density at radius 2 is 1.69 bits per heavy atom. The van der Waals surface area contributed by atoms with Crippen molar-refractivity contribution in [3.8, 4) is 0 Å². The van der Waals surface area contributed by atoms with Crippen molar-refractivity contribution < 1.29 is 13.5 Å². The SMILES string of the molecule is O=S(=O)(CCCCCCO)c1ccncc1. The Labute approximate surface area is 96.3 Å². The summed E-state index contributed by atoms with van der Waals surface area (Å²) in [5.74, 6) is 0.169. The Morgan fingerprint density at radius 1 is 1.06 bits per heavy atom. The first-order valence-electron chi connectivity index (χ1n) is 5.40. The lowest BCUT2D eigenvalue weighted by Crippen LogP contribution is -2.06. The van der Waals surface area contributed by atoms with Gasteiger partial charge >= 0.3 is 0 Å². The Morgan fingerprint density at radius 3 is 2.31 bits per heavy atom. The lowest BCUT2D eigenvalue weighted by Gasteiger charge is -2.03. The minimum absolute atomic E-state index is 0.169. The van der Waals surface area contributed by atoms with E-state index >= 15 is 0 Å². The Bertz CT molecular complexity index is 389. The highest BCUT2D eigenvalue weighted by molar-refractivity contribution is 7.91. The highest BCUT2D eigenvalue weighted by atomic mass is 32.2. The van der Waals surface area contributed by atoms with Gasteiger partial charge in [0.05, 0.1) is 10.6 Å². The van der Waals surface area contributed by atoms with Gasteiger partial charge in [0.15, 0.2) is 9.84 Å². The van der Waals surface area contributed by atoms with E-state index in [0.717, 1.165) is 19.3 Å². The maximum absolute atomic E-state index is 11.8. The molecule has 0 aliphatic rings. The molecule has 0 spiro atoms. The van der Waals surface area contributed by atoms with E-state index in [1.807, 2.05) is 0 Å². The van der Waals surface area contributed by atoms with Crippen LogP contribution in [-0.2, 0) is 9.84 Å². The van der Waals surface area contributed by atoms with Gasteiger partial charge in [0.1, 0.15) is 0 Å². The van der Waals surface area contributed by atoms with Crippen molar-refractivity contribution in [1.82, 2.24) is 4.98 Å². The molecule has 0 aliphatic carbocycles. The van der Waals surface area contributed by atoms with Crippen LogP contribution < -0.4 is 0 Å². The van der Waals surface area contributed by atoms with E-state index in [-0.39, 0.29) is 12.4 Å². The molecule has 1 aromatic heterocycles. The third-order valence-electron chi connectivity index (χ3n) is 2.33. The predicted molar refractivity (Wildman–Crippen MR) is 61.8 cm³/mol. The average molecular weight is 243 g/mol. The molecule has 0 bridgehead atoms. The van der Waals surface area contributed by atoms with Crippen molar-refractivity contribution >= 4 is 9.84 Å².